The van der Waals surface area contributed by atoms with Crippen molar-refractivity contribution in [1.29, 1.82) is 0 Å². The van der Waals surface area contributed by atoms with Gasteiger partial charge in [0.25, 0.3) is 0 Å². The topological polar surface area (TPSA) is 72.7 Å². The van der Waals surface area contributed by atoms with Crippen molar-refractivity contribution in [1.82, 2.24) is 19.7 Å². The number of hydrogen-bond donors (Lipinski definition) is 1. The molecule has 1 amide bonds. The highest BCUT2D eigenvalue weighted by Crippen LogP contribution is 2.23. The first-order valence-electron chi connectivity index (χ1n) is 8.04. The van der Waals surface area contributed by atoms with Crippen molar-refractivity contribution in [2.45, 2.75) is 18.6 Å². The Morgan fingerprint density at radius 1 is 1.27 bits per heavy atom. The molecule has 2 aromatic heterocycles. The molecule has 0 radical (unpaired) electrons. The number of amides is 1. The second kappa shape index (κ2) is 8.32. The summed E-state index contributed by atoms with van der Waals surface area (Å²) in [4.78, 5) is 16.3. The minimum absolute atomic E-state index is 0.114. The number of thioether (sulfide) groups is 1. The molecule has 7 heteroatoms. The van der Waals surface area contributed by atoms with Gasteiger partial charge in [0.1, 0.15) is 0 Å². The molecule has 26 heavy (non-hydrogen) atoms. The lowest BCUT2D eigenvalue weighted by molar-refractivity contribution is -0.113. The molecule has 0 saturated carbocycles. The van der Waals surface area contributed by atoms with E-state index in [2.05, 4.69) is 26.4 Å². The lowest BCUT2D eigenvalue weighted by Crippen LogP contribution is -2.14. The summed E-state index contributed by atoms with van der Waals surface area (Å²) in [6.07, 6.45) is 8.79. The molecule has 0 atom stereocenters. The molecular weight excluding hydrogens is 346 g/mol. The molecule has 0 saturated heterocycles. The monoisotopic (exact) mass is 363 g/mol. The van der Waals surface area contributed by atoms with E-state index in [-0.39, 0.29) is 11.7 Å². The van der Waals surface area contributed by atoms with Gasteiger partial charge in [-0.2, -0.15) is 0 Å². The van der Waals surface area contributed by atoms with Crippen molar-refractivity contribution in [3.05, 3.63) is 54.4 Å². The average molecular weight is 363 g/mol. The number of nitrogens with zero attached hydrogens (tertiary/aromatic N) is 4. The quantitative estimate of drug-likeness (QED) is 0.538. The zero-order valence-electron chi connectivity index (χ0n) is 14.2. The van der Waals surface area contributed by atoms with Crippen molar-refractivity contribution in [2.24, 2.45) is 0 Å². The summed E-state index contributed by atoms with van der Waals surface area (Å²) in [5.74, 6) is 3.41. The Balaban J connectivity index is 1.65. The highest BCUT2D eigenvalue weighted by molar-refractivity contribution is 7.99. The lowest BCUT2D eigenvalue weighted by atomic mass is 10.2. The van der Waals surface area contributed by atoms with Gasteiger partial charge in [0.2, 0.25) is 5.91 Å². The van der Waals surface area contributed by atoms with Crippen molar-refractivity contribution in [2.75, 3.05) is 11.1 Å². The zero-order chi connectivity index (χ0) is 18.4. The Morgan fingerprint density at radius 2 is 2.08 bits per heavy atom. The number of carbonyl (C=O) groups is 1. The van der Waals surface area contributed by atoms with Crippen LogP contribution in [-0.4, -0.2) is 31.4 Å². The lowest BCUT2D eigenvalue weighted by Gasteiger charge is -2.08. The van der Waals surface area contributed by atoms with E-state index in [0.717, 1.165) is 17.0 Å². The number of anilines is 1. The van der Waals surface area contributed by atoms with Crippen molar-refractivity contribution >= 4 is 23.4 Å². The average Bonchev–Trinajstić information content (AvgIpc) is 3.10. The molecule has 0 bridgehead atoms. The van der Waals surface area contributed by atoms with Crippen LogP contribution in [-0.2, 0) is 11.3 Å². The molecule has 1 aromatic carbocycles. The van der Waals surface area contributed by atoms with E-state index < -0.39 is 0 Å². The Hall–Kier alpha value is -3.11. The summed E-state index contributed by atoms with van der Waals surface area (Å²) in [6, 6.07) is 10.9. The maximum Gasteiger partial charge on any atom is 0.234 e. The molecule has 1 N–H and O–H groups in total. The summed E-state index contributed by atoms with van der Waals surface area (Å²) < 4.78 is 1.97. The van der Waals surface area contributed by atoms with E-state index in [4.69, 9.17) is 6.42 Å². The van der Waals surface area contributed by atoms with E-state index in [1.165, 1.54) is 11.8 Å². The van der Waals surface area contributed by atoms with Gasteiger partial charge in [-0.05, 0) is 43.3 Å². The Morgan fingerprint density at radius 3 is 2.73 bits per heavy atom. The fourth-order valence-electron chi connectivity index (χ4n) is 2.37. The number of pyridine rings is 1. The van der Waals surface area contributed by atoms with Gasteiger partial charge in [-0.25, -0.2) is 0 Å². The van der Waals surface area contributed by atoms with Gasteiger partial charge in [-0.1, -0.05) is 17.7 Å². The van der Waals surface area contributed by atoms with E-state index in [0.29, 0.717) is 17.4 Å². The van der Waals surface area contributed by atoms with Crippen molar-refractivity contribution < 1.29 is 4.79 Å². The van der Waals surface area contributed by atoms with Crippen LogP contribution in [0.15, 0.2) is 53.9 Å². The molecule has 3 aromatic rings. The van der Waals surface area contributed by atoms with Crippen LogP contribution >= 0.6 is 11.8 Å². The second-order valence-electron chi connectivity index (χ2n) is 5.35. The number of terminal acetylenes is 1. The third kappa shape index (κ3) is 4.10. The molecule has 0 aliphatic rings. The van der Waals surface area contributed by atoms with Gasteiger partial charge in [0.15, 0.2) is 11.0 Å². The fourth-order valence-corrected chi connectivity index (χ4v) is 3.17. The molecule has 2 heterocycles. The van der Waals surface area contributed by atoms with Gasteiger partial charge in [0, 0.05) is 35.8 Å². The van der Waals surface area contributed by atoms with E-state index in [9.17, 15) is 4.79 Å². The van der Waals surface area contributed by atoms with Crippen LogP contribution in [0.4, 0.5) is 5.69 Å². The van der Waals surface area contributed by atoms with Gasteiger partial charge >= 0.3 is 0 Å². The highest BCUT2D eigenvalue weighted by Gasteiger charge is 2.14. The first-order valence-corrected chi connectivity index (χ1v) is 9.02. The Bertz CT molecular complexity index is 929. The predicted octanol–water partition coefficient (Wildman–Crippen LogP) is 3.07. The van der Waals surface area contributed by atoms with E-state index in [1.807, 2.05) is 23.6 Å². The number of nitrogens with one attached hydrogen (secondary N) is 1. The SMILES string of the molecule is C#Cc1ccc(NC(=O)CSc2nnc(-c3cccnc3)n2CC)cc1. The van der Waals surface area contributed by atoms with Crippen LogP contribution < -0.4 is 5.32 Å². The Labute approximate surface area is 156 Å². The summed E-state index contributed by atoms with van der Waals surface area (Å²) in [5, 5.41) is 12.0. The van der Waals surface area contributed by atoms with Crippen LogP contribution in [0.2, 0.25) is 0 Å². The normalized spacial score (nSPS) is 10.3. The Kier molecular flexibility index (Phi) is 5.66. The standard InChI is InChI=1S/C19H17N5OS/c1-3-14-7-9-16(10-8-14)21-17(25)13-26-19-23-22-18(24(19)4-2)15-6-5-11-20-12-15/h1,5-12H,4,13H2,2H3,(H,21,25). The molecule has 0 aliphatic carbocycles. The maximum atomic E-state index is 12.2. The first-order chi connectivity index (χ1) is 12.7. The number of hydrogen-bond acceptors (Lipinski definition) is 5. The molecule has 0 spiro atoms. The number of aromatic nitrogens is 4. The van der Waals surface area contributed by atoms with Crippen LogP contribution in [0, 0.1) is 12.3 Å². The first kappa shape index (κ1) is 17.7. The minimum Gasteiger partial charge on any atom is -0.325 e. The van der Waals surface area contributed by atoms with E-state index >= 15 is 0 Å². The second-order valence-corrected chi connectivity index (χ2v) is 6.29. The number of carbonyl (C=O) groups excluding carboxylic acids is 1. The van der Waals surface area contributed by atoms with Crippen LogP contribution in [0.5, 0.6) is 0 Å². The summed E-state index contributed by atoms with van der Waals surface area (Å²) in [5.41, 5.74) is 2.38. The van der Waals surface area contributed by atoms with Gasteiger partial charge in [-0.15, -0.1) is 16.6 Å². The maximum absolute atomic E-state index is 12.2. The highest BCUT2D eigenvalue weighted by atomic mass is 32.2. The molecule has 0 fully saturated rings. The third-order valence-corrected chi connectivity index (χ3v) is 4.59. The number of rotatable bonds is 6. The summed E-state index contributed by atoms with van der Waals surface area (Å²) in [7, 11) is 0. The smallest absolute Gasteiger partial charge is 0.234 e. The molecule has 3 rings (SSSR count). The van der Waals surface area contributed by atoms with Gasteiger partial charge < -0.3 is 9.88 Å². The van der Waals surface area contributed by atoms with Crippen LogP contribution in [0.3, 0.4) is 0 Å². The van der Waals surface area contributed by atoms with Gasteiger partial charge in [-0.3, -0.25) is 9.78 Å². The summed E-state index contributed by atoms with van der Waals surface area (Å²) in [6.45, 7) is 2.72. The zero-order valence-corrected chi connectivity index (χ0v) is 15.0. The molecular formula is C19H17N5OS. The largest absolute Gasteiger partial charge is 0.325 e. The third-order valence-electron chi connectivity index (χ3n) is 3.62. The molecule has 6 nitrogen and oxygen atoms in total. The van der Waals surface area contributed by atoms with Crippen LogP contribution in [0.25, 0.3) is 11.4 Å². The minimum atomic E-state index is -0.114. The van der Waals surface area contributed by atoms with Crippen molar-refractivity contribution in [3.63, 3.8) is 0 Å². The fraction of sp³-hybridized carbons (Fsp3) is 0.158. The molecule has 130 valence electrons. The summed E-state index contributed by atoms with van der Waals surface area (Å²) >= 11 is 1.35. The molecule has 0 unspecified atom stereocenters. The van der Waals surface area contributed by atoms with Crippen molar-refractivity contribution in [3.8, 4) is 23.7 Å². The van der Waals surface area contributed by atoms with Crippen LogP contribution in [0.1, 0.15) is 12.5 Å². The van der Waals surface area contributed by atoms with Gasteiger partial charge in [0.05, 0.1) is 5.75 Å². The molecule has 0 aliphatic heterocycles. The predicted molar refractivity (Wildman–Crippen MR) is 103 cm³/mol. The van der Waals surface area contributed by atoms with E-state index in [1.54, 1.807) is 36.7 Å². The number of benzene rings is 1.